The van der Waals surface area contributed by atoms with E-state index in [-0.39, 0.29) is 11.1 Å². The molecule has 5 rings (SSSR count). The van der Waals surface area contributed by atoms with Gasteiger partial charge in [0.25, 0.3) is 5.56 Å². The molecule has 144 valence electrons. The topological polar surface area (TPSA) is 94.0 Å². The molecule has 0 aliphatic carbocycles. The van der Waals surface area contributed by atoms with Crippen molar-refractivity contribution in [2.24, 2.45) is 0 Å². The number of nitrogens with two attached hydrogens (primary N) is 1. The van der Waals surface area contributed by atoms with Crippen molar-refractivity contribution >= 4 is 83.2 Å². The summed E-state index contributed by atoms with van der Waals surface area (Å²) < 4.78 is 0.572. The minimum absolute atomic E-state index is 0.260. The van der Waals surface area contributed by atoms with Crippen molar-refractivity contribution in [1.82, 2.24) is 19.9 Å². The average molecular weight is 410 g/mol. The molecule has 6 radical (unpaired) electrons. The van der Waals surface area contributed by atoms with Gasteiger partial charge in [0.2, 0.25) is 0 Å². The number of nitrogens with zero attached hydrogens (tertiary/aromatic N) is 3. The summed E-state index contributed by atoms with van der Waals surface area (Å²) in [5.41, 5.74) is 9.64. The van der Waals surface area contributed by atoms with E-state index in [9.17, 15) is 4.79 Å². The van der Waals surface area contributed by atoms with Crippen LogP contribution in [0.4, 0.5) is 11.4 Å². The first-order valence-electron chi connectivity index (χ1n) is 9.55. The van der Waals surface area contributed by atoms with Crippen molar-refractivity contribution < 1.29 is 0 Å². The van der Waals surface area contributed by atoms with Crippen molar-refractivity contribution in [3.05, 3.63) is 22.5 Å². The molecule has 0 spiro atoms. The second-order valence-electron chi connectivity index (χ2n) is 7.63. The van der Waals surface area contributed by atoms with Crippen LogP contribution in [0.3, 0.4) is 0 Å². The number of H-pyrrole nitrogens is 2. The summed E-state index contributed by atoms with van der Waals surface area (Å²) in [7, 11) is 20.8. The molecule has 1 aromatic carbocycles. The highest BCUT2D eigenvalue weighted by Gasteiger charge is 2.22. The van der Waals surface area contributed by atoms with Gasteiger partial charge in [0.15, 0.2) is 0 Å². The number of rotatable bonds is 2. The molecule has 1 fully saturated rings. The van der Waals surface area contributed by atoms with Crippen LogP contribution >= 0.6 is 11.3 Å². The number of imidazole rings is 1. The van der Waals surface area contributed by atoms with E-state index in [1.165, 1.54) is 11.3 Å². The lowest BCUT2D eigenvalue weighted by atomic mass is 9.82. The number of aromatic nitrogens is 3. The van der Waals surface area contributed by atoms with Gasteiger partial charge in [-0.05, 0) is 29.4 Å². The minimum atomic E-state index is -0.341. The van der Waals surface area contributed by atoms with Crippen molar-refractivity contribution in [2.75, 3.05) is 43.9 Å². The number of nitrogen functional groups attached to an aromatic ring is 1. The lowest BCUT2D eigenvalue weighted by Gasteiger charge is -2.36. The molecule has 30 heavy (non-hydrogen) atoms. The van der Waals surface area contributed by atoms with Crippen LogP contribution in [0, 0.1) is 0 Å². The zero-order valence-corrected chi connectivity index (χ0v) is 17.3. The van der Waals surface area contributed by atoms with Crippen molar-refractivity contribution in [3.63, 3.8) is 0 Å². The molecule has 4 N–H and O–H groups in total. The summed E-state index contributed by atoms with van der Waals surface area (Å²) >= 11 is 1.28. The Morgan fingerprint density at radius 1 is 1.13 bits per heavy atom. The molecular formula is C19H17B3N6OS. The molecule has 0 bridgehead atoms. The van der Waals surface area contributed by atoms with Gasteiger partial charge in [0.1, 0.15) is 39.8 Å². The van der Waals surface area contributed by atoms with E-state index in [0.717, 1.165) is 31.9 Å². The third-order valence-corrected chi connectivity index (χ3v) is 6.52. The van der Waals surface area contributed by atoms with Gasteiger partial charge in [-0.15, -0.1) is 11.3 Å². The maximum absolute atomic E-state index is 12.7. The summed E-state index contributed by atoms with van der Waals surface area (Å²) in [5, 5.41) is 0.693. The predicted octanol–water partition coefficient (Wildman–Crippen LogP) is -1.15. The predicted molar refractivity (Wildman–Crippen MR) is 128 cm³/mol. The van der Waals surface area contributed by atoms with E-state index in [0.29, 0.717) is 48.5 Å². The Morgan fingerprint density at radius 3 is 2.60 bits per heavy atom. The van der Waals surface area contributed by atoms with Crippen LogP contribution in [0.2, 0.25) is 0 Å². The van der Waals surface area contributed by atoms with E-state index < -0.39 is 0 Å². The monoisotopic (exact) mass is 410 g/mol. The molecule has 3 aromatic heterocycles. The van der Waals surface area contributed by atoms with Gasteiger partial charge in [-0.3, -0.25) is 4.79 Å². The third-order valence-electron chi connectivity index (χ3n) is 5.64. The number of nitrogens with one attached hydrogen (secondary N) is 2. The summed E-state index contributed by atoms with van der Waals surface area (Å²) in [6.07, 6.45) is 0. The Labute approximate surface area is 180 Å². The molecule has 4 aromatic rings. The highest BCUT2D eigenvalue weighted by molar-refractivity contribution is 7.25. The standard InChI is InChI=1S/C19H17B3N6OS/c1-27-2-4-28(5-3-27)16-9(20)7-10-15(13(16)22)25-17(24-10)12-14(23)8-6-11(21)30-19(8)26-18(12)29/h6-7H,2-5H2,1H3,(H,24,25)(H3,23,26,29). The number of aromatic amines is 2. The van der Waals surface area contributed by atoms with Crippen LogP contribution in [0.25, 0.3) is 32.6 Å². The Kier molecular flexibility index (Phi) is 4.48. The number of anilines is 2. The summed E-state index contributed by atoms with van der Waals surface area (Å²) in [6.45, 7) is 3.52. The van der Waals surface area contributed by atoms with Gasteiger partial charge < -0.3 is 25.5 Å². The van der Waals surface area contributed by atoms with E-state index in [2.05, 4.69) is 31.8 Å². The smallest absolute Gasteiger partial charge is 0.262 e. The summed E-state index contributed by atoms with van der Waals surface area (Å²) in [6, 6.07) is 3.55. The summed E-state index contributed by atoms with van der Waals surface area (Å²) in [4.78, 5) is 28.4. The van der Waals surface area contributed by atoms with Gasteiger partial charge in [0.05, 0.1) is 16.7 Å². The Bertz CT molecular complexity index is 1350. The quantitative estimate of drug-likeness (QED) is 0.363. The fourth-order valence-corrected chi connectivity index (χ4v) is 4.89. The van der Waals surface area contributed by atoms with E-state index in [4.69, 9.17) is 29.3 Å². The third kappa shape index (κ3) is 2.95. The second kappa shape index (κ2) is 6.96. The van der Waals surface area contributed by atoms with Gasteiger partial charge in [0, 0.05) is 37.3 Å². The highest BCUT2D eigenvalue weighted by Crippen LogP contribution is 2.29. The van der Waals surface area contributed by atoms with Crippen LogP contribution in [0.5, 0.6) is 0 Å². The van der Waals surface area contributed by atoms with Gasteiger partial charge >= 0.3 is 0 Å². The molecule has 7 nitrogen and oxygen atoms in total. The van der Waals surface area contributed by atoms with Gasteiger partial charge in [-0.25, -0.2) is 4.98 Å². The first kappa shape index (κ1) is 19.3. The highest BCUT2D eigenvalue weighted by atomic mass is 32.1. The van der Waals surface area contributed by atoms with Crippen LogP contribution in [-0.2, 0) is 0 Å². The lowest BCUT2D eigenvalue weighted by molar-refractivity contribution is 0.313. The minimum Gasteiger partial charge on any atom is -0.397 e. The molecule has 1 saturated heterocycles. The van der Waals surface area contributed by atoms with Gasteiger partial charge in [-0.2, -0.15) is 0 Å². The Morgan fingerprint density at radius 2 is 1.87 bits per heavy atom. The molecular weight excluding hydrogens is 393 g/mol. The van der Waals surface area contributed by atoms with E-state index in [1.54, 1.807) is 12.1 Å². The van der Waals surface area contributed by atoms with Crippen molar-refractivity contribution in [3.8, 4) is 11.4 Å². The van der Waals surface area contributed by atoms with Crippen molar-refractivity contribution in [1.29, 1.82) is 0 Å². The van der Waals surface area contributed by atoms with E-state index >= 15 is 0 Å². The Balaban J connectivity index is 1.67. The zero-order chi connectivity index (χ0) is 21.2. The first-order valence-corrected chi connectivity index (χ1v) is 10.4. The number of thiophene rings is 1. The fourth-order valence-electron chi connectivity index (χ4n) is 4.05. The van der Waals surface area contributed by atoms with Crippen LogP contribution in [-0.4, -0.2) is 76.6 Å². The molecule has 1 aliphatic heterocycles. The number of hydrogen-bond acceptors (Lipinski definition) is 6. The second-order valence-corrected chi connectivity index (χ2v) is 8.72. The van der Waals surface area contributed by atoms with Crippen LogP contribution in [0.15, 0.2) is 16.9 Å². The Hall–Kier alpha value is -2.65. The normalized spacial score (nSPS) is 15.4. The molecule has 0 unspecified atom stereocenters. The molecule has 0 atom stereocenters. The maximum Gasteiger partial charge on any atom is 0.262 e. The molecule has 0 saturated carbocycles. The lowest BCUT2D eigenvalue weighted by Crippen LogP contribution is -2.48. The maximum atomic E-state index is 12.7. The first-order chi connectivity index (χ1) is 14.3. The zero-order valence-electron chi connectivity index (χ0n) is 16.5. The molecule has 0 amide bonds. The molecule has 4 heterocycles. The number of hydrogen-bond donors (Lipinski definition) is 3. The number of piperazine rings is 1. The molecule has 11 heteroatoms. The van der Waals surface area contributed by atoms with Crippen LogP contribution in [0.1, 0.15) is 0 Å². The average Bonchev–Trinajstić information content (AvgIpc) is 3.26. The van der Waals surface area contributed by atoms with E-state index in [1.807, 2.05) is 0 Å². The number of benzene rings is 1. The number of pyridine rings is 1. The number of likely N-dealkylation sites (N-methyl/N-ethyl adjacent to an activating group) is 1. The van der Waals surface area contributed by atoms with Gasteiger partial charge in [-0.1, -0.05) is 5.46 Å². The SMILES string of the molecule is [B]c1cc2c(N)c(-c3nc4c([B])c(N5CCN(C)CC5)c([B])cc4[nH]3)c(=O)[nH]c2s1. The largest absolute Gasteiger partial charge is 0.397 e. The fraction of sp³-hybridized carbons (Fsp3) is 0.263. The van der Waals surface area contributed by atoms with Crippen LogP contribution < -0.4 is 31.9 Å². The van der Waals surface area contributed by atoms with Crippen molar-refractivity contribution in [2.45, 2.75) is 0 Å². The summed E-state index contributed by atoms with van der Waals surface area (Å²) in [5.74, 6) is 0.344. The number of fused-ring (bicyclic) bond motifs is 2. The molecule has 1 aliphatic rings.